The Morgan fingerprint density at radius 1 is 0.977 bits per heavy atom. The van der Waals surface area contributed by atoms with Gasteiger partial charge in [-0.3, -0.25) is 14.2 Å². The lowest BCUT2D eigenvalue weighted by Crippen LogP contribution is -2.53. The minimum Gasteiger partial charge on any atom is -0.437 e. The van der Waals surface area contributed by atoms with E-state index >= 15 is 0 Å². The highest BCUT2D eigenvalue weighted by Gasteiger charge is 2.41. The van der Waals surface area contributed by atoms with Crippen molar-refractivity contribution in [2.45, 2.75) is 37.3 Å². The maximum atomic E-state index is 14.0. The van der Waals surface area contributed by atoms with Crippen molar-refractivity contribution in [3.8, 4) is 11.6 Å². The third kappa shape index (κ3) is 6.30. The Balaban J connectivity index is 1.11. The molecule has 228 valence electrons. The van der Waals surface area contributed by atoms with Crippen molar-refractivity contribution < 1.29 is 19.0 Å². The highest BCUT2D eigenvalue weighted by Crippen LogP contribution is 2.37. The molecule has 2 atom stereocenters. The second-order valence-corrected chi connectivity index (χ2v) is 11.7. The van der Waals surface area contributed by atoms with Crippen LogP contribution in [-0.4, -0.2) is 57.2 Å². The number of hydrogen-bond donors (Lipinski definition) is 2. The average molecular weight is 598 g/mol. The fraction of sp³-hybridized carbons (Fsp3) is 0.324. The second-order valence-electron chi connectivity index (χ2n) is 11.7. The van der Waals surface area contributed by atoms with Crippen molar-refractivity contribution >= 4 is 17.3 Å². The van der Waals surface area contributed by atoms with Gasteiger partial charge >= 0.3 is 0 Å². The fourth-order valence-electron chi connectivity index (χ4n) is 6.31. The highest BCUT2D eigenvalue weighted by atomic mass is 19.1. The van der Waals surface area contributed by atoms with Crippen LogP contribution in [0.15, 0.2) is 96.1 Å². The van der Waals surface area contributed by atoms with Gasteiger partial charge in [-0.2, -0.15) is 0 Å². The van der Waals surface area contributed by atoms with E-state index in [4.69, 9.17) is 10.5 Å². The number of nitrogens with zero attached hydrogens (tertiary/aromatic N) is 4. The molecule has 4 aromatic rings. The van der Waals surface area contributed by atoms with E-state index in [1.807, 2.05) is 41.3 Å². The number of carbonyl (C=O) groups is 1. The number of nitrogens with two attached hydrogens (primary N) is 1. The molecule has 44 heavy (non-hydrogen) atoms. The summed E-state index contributed by atoms with van der Waals surface area (Å²) in [5.74, 6) is -0.223. The Labute approximate surface area is 255 Å². The summed E-state index contributed by atoms with van der Waals surface area (Å²) < 4.78 is 20.0. The van der Waals surface area contributed by atoms with Crippen molar-refractivity contribution in [1.29, 1.82) is 0 Å². The van der Waals surface area contributed by atoms with E-state index in [2.05, 4.69) is 34.1 Å². The van der Waals surface area contributed by atoms with Crippen LogP contribution < -0.4 is 20.9 Å². The van der Waals surface area contributed by atoms with Crippen LogP contribution in [0.25, 0.3) is 0 Å². The molecule has 0 aliphatic carbocycles. The molecule has 3 N–H and O–H groups in total. The van der Waals surface area contributed by atoms with Crippen molar-refractivity contribution in [3.63, 3.8) is 0 Å². The zero-order chi connectivity index (χ0) is 30.7. The first-order valence-corrected chi connectivity index (χ1v) is 14.9. The van der Waals surface area contributed by atoms with Gasteiger partial charge in [-0.15, -0.1) is 0 Å². The molecule has 3 aromatic carbocycles. The summed E-state index contributed by atoms with van der Waals surface area (Å²) in [7, 11) is 0. The van der Waals surface area contributed by atoms with Crippen LogP contribution in [0.2, 0.25) is 0 Å². The largest absolute Gasteiger partial charge is 0.437 e. The van der Waals surface area contributed by atoms with Crippen molar-refractivity contribution in [2.24, 2.45) is 5.92 Å². The molecule has 0 radical (unpaired) electrons. The third-order valence-electron chi connectivity index (χ3n) is 8.81. The number of hydrogen-bond acceptors (Lipinski definition) is 7. The highest BCUT2D eigenvalue weighted by molar-refractivity contribution is 5.80. The number of anilines is 2. The molecule has 1 aromatic heterocycles. The fourth-order valence-corrected chi connectivity index (χ4v) is 6.31. The molecule has 2 saturated heterocycles. The molecule has 2 aliphatic heterocycles. The molecular formula is C34H36FN5O4. The predicted octanol–water partition coefficient (Wildman–Crippen LogP) is 4.42. The van der Waals surface area contributed by atoms with Gasteiger partial charge in [0.05, 0.1) is 12.1 Å². The Morgan fingerprint density at radius 3 is 2.32 bits per heavy atom. The van der Waals surface area contributed by atoms with Crippen LogP contribution in [0.5, 0.6) is 11.6 Å². The summed E-state index contributed by atoms with van der Waals surface area (Å²) in [6, 6.07) is 25.8. The van der Waals surface area contributed by atoms with E-state index < -0.39 is 17.0 Å². The topological polar surface area (TPSA) is 114 Å². The molecular weight excluding hydrogens is 561 g/mol. The summed E-state index contributed by atoms with van der Waals surface area (Å²) in [5, 5.41) is 11.4. The number of aromatic nitrogens is 2. The van der Waals surface area contributed by atoms with Crippen LogP contribution in [-0.2, 0) is 11.3 Å². The van der Waals surface area contributed by atoms with Gasteiger partial charge in [-0.05, 0) is 61.2 Å². The summed E-state index contributed by atoms with van der Waals surface area (Å²) in [6.45, 7) is 2.31. The zero-order valence-corrected chi connectivity index (χ0v) is 24.4. The van der Waals surface area contributed by atoms with Crippen molar-refractivity contribution in [3.05, 3.63) is 113 Å². The molecule has 9 nitrogen and oxygen atoms in total. The molecule has 10 heteroatoms. The Kier molecular flexibility index (Phi) is 8.34. The van der Waals surface area contributed by atoms with E-state index in [1.54, 1.807) is 0 Å². The van der Waals surface area contributed by atoms with Crippen LogP contribution in [0.1, 0.15) is 30.7 Å². The van der Waals surface area contributed by atoms with Gasteiger partial charge < -0.3 is 25.4 Å². The quantitative estimate of drug-likeness (QED) is 0.324. The number of amides is 1. The van der Waals surface area contributed by atoms with Gasteiger partial charge in [0.1, 0.15) is 17.9 Å². The van der Waals surface area contributed by atoms with Gasteiger partial charge in [-0.1, -0.05) is 48.5 Å². The van der Waals surface area contributed by atoms with E-state index in [9.17, 15) is 19.1 Å². The zero-order valence-electron chi connectivity index (χ0n) is 24.4. The van der Waals surface area contributed by atoms with Gasteiger partial charge in [0, 0.05) is 43.7 Å². The number of halogens is 1. The van der Waals surface area contributed by atoms with E-state index in [0.29, 0.717) is 31.7 Å². The van der Waals surface area contributed by atoms with Gasteiger partial charge in [0.15, 0.2) is 5.69 Å². The first-order valence-electron chi connectivity index (χ1n) is 14.9. The van der Waals surface area contributed by atoms with Crippen LogP contribution in [0, 0.1) is 11.7 Å². The normalized spacial score (nSPS) is 19.9. The van der Waals surface area contributed by atoms with E-state index in [0.717, 1.165) is 30.8 Å². The number of nitrogen functional groups attached to an aromatic ring is 1. The Hall–Kier alpha value is -4.70. The monoisotopic (exact) mass is 597 g/mol. The standard InChI is InChI=1S/C34H36FN5O4/c35-25-11-13-27(14-12-25)44-31-30(36)33(42)40(23-37-31)22-34(43)16-19-38(20-17-34)32(41)28-15-18-39(26-9-5-2-6-10-26)21-29(28)24-7-3-1-4-8-24/h1-14,23,28-29,43H,15-22,36H2/t28-,29+/m1/s1. The maximum Gasteiger partial charge on any atom is 0.280 e. The maximum absolute atomic E-state index is 14.0. The third-order valence-corrected chi connectivity index (χ3v) is 8.81. The molecule has 0 unspecified atom stereocenters. The molecule has 3 heterocycles. The second kappa shape index (κ2) is 12.5. The predicted molar refractivity (Wildman–Crippen MR) is 166 cm³/mol. The van der Waals surface area contributed by atoms with Crippen LogP contribution in [0.4, 0.5) is 15.8 Å². The molecule has 2 aliphatic rings. The van der Waals surface area contributed by atoms with Gasteiger partial charge in [0.25, 0.3) is 5.56 Å². The Morgan fingerprint density at radius 2 is 1.64 bits per heavy atom. The summed E-state index contributed by atoms with van der Waals surface area (Å²) in [6.07, 6.45) is 2.66. The molecule has 6 rings (SSSR count). The molecule has 0 bridgehead atoms. The molecule has 0 saturated carbocycles. The van der Waals surface area contributed by atoms with Gasteiger partial charge in [-0.25, -0.2) is 9.37 Å². The first kappa shape index (κ1) is 29.4. The average Bonchev–Trinajstić information content (AvgIpc) is 3.06. The first-order chi connectivity index (χ1) is 21.3. The molecule has 0 spiro atoms. The minimum atomic E-state index is -1.20. The number of ether oxygens (including phenoxy) is 1. The van der Waals surface area contributed by atoms with Gasteiger partial charge in [0.2, 0.25) is 11.8 Å². The smallest absolute Gasteiger partial charge is 0.280 e. The Bertz CT molecular complexity index is 1640. The molecule has 1 amide bonds. The summed E-state index contributed by atoms with van der Waals surface area (Å²) in [4.78, 5) is 35.4. The number of likely N-dealkylation sites (tertiary alicyclic amines) is 1. The lowest BCUT2D eigenvalue weighted by Gasteiger charge is -2.44. The van der Waals surface area contributed by atoms with Crippen molar-refractivity contribution in [1.82, 2.24) is 14.5 Å². The number of carbonyl (C=O) groups excluding carboxylic acids is 1. The molecule has 2 fully saturated rings. The van der Waals surface area contributed by atoms with E-state index in [1.165, 1.54) is 35.2 Å². The van der Waals surface area contributed by atoms with E-state index in [-0.39, 0.29) is 35.9 Å². The number of piperidine rings is 2. The number of benzene rings is 3. The number of aliphatic hydroxyl groups is 1. The summed E-state index contributed by atoms with van der Waals surface area (Å²) >= 11 is 0. The van der Waals surface area contributed by atoms with Crippen molar-refractivity contribution in [2.75, 3.05) is 36.8 Å². The van der Waals surface area contributed by atoms with Crippen LogP contribution >= 0.6 is 0 Å². The lowest BCUT2D eigenvalue weighted by molar-refractivity contribution is -0.141. The SMILES string of the molecule is Nc1c(Oc2ccc(F)cc2)ncn(CC2(O)CCN(C(=O)[C@@H]3CCN(c4ccccc4)C[C@H]3c3ccccc3)CC2)c1=O. The number of rotatable bonds is 7. The number of para-hydroxylation sites is 1. The summed E-state index contributed by atoms with van der Waals surface area (Å²) in [5.41, 5.74) is 6.38. The minimum absolute atomic E-state index is 0.00992. The van der Waals surface area contributed by atoms with Crippen LogP contribution in [0.3, 0.4) is 0 Å². The lowest BCUT2D eigenvalue weighted by atomic mass is 9.79.